The molecular weight excluding hydrogens is 319 g/mol. The van der Waals surface area contributed by atoms with E-state index in [2.05, 4.69) is 15.9 Å². The Morgan fingerprint density at radius 2 is 1.89 bits per heavy atom. The average Bonchev–Trinajstić information content (AvgIpc) is 2.31. The molecule has 0 fully saturated rings. The van der Waals surface area contributed by atoms with Crippen molar-refractivity contribution in [3.05, 3.63) is 68.4 Å². The monoisotopic (exact) mass is 328 g/mol. The van der Waals surface area contributed by atoms with Crippen molar-refractivity contribution in [2.75, 3.05) is 0 Å². The lowest BCUT2D eigenvalue weighted by atomic mass is 10.00. The van der Waals surface area contributed by atoms with Crippen LogP contribution in [0.3, 0.4) is 0 Å². The maximum Gasteiger partial charge on any atom is 0.129 e. The second kappa shape index (κ2) is 5.39. The highest BCUT2D eigenvalue weighted by Crippen LogP contribution is 2.31. The summed E-state index contributed by atoms with van der Waals surface area (Å²) in [6.07, 6.45) is -1.07. The number of rotatable bonds is 2. The molecule has 1 unspecified atom stereocenters. The van der Waals surface area contributed by atoms with Crippen LogP contribution < -0.4 is 0 Å². The predicted octanol–water partition coefficient (Wildman–Crippen LogP) is 4.63. The van der Waals surface area contributed by atoms with Gasteiger partial charge in [-0.25, -0.2) is 4.39 Å². The Balaban J connectivity index is 2.47. The molecule has 0 bridgehead atoms. The summed E-state index contributed by atoms with van der Waals surface area (Å²) in [5, 5.41) is 10.7. The van der Waals surface area contributed by atoms with E-state index in [0.29, 0.717) is 15.1 Å². The largest absolute Gasteiger partial charge is 0.383 e. The van der Waals surface area contributed by atoms with Gasteiger partial charge in [-0.3, -0.25) is 0 Å². The molecule has 2 rings (SSSR count). The van der Waals surface area contributed by atoms with E-state index in [4.69, 9.17) is 11.6 Å². The Kier molecular flexibility index (Phi) is 4.05. The van der Waals surface area contributed by atoms with Gasteiger partial charge in [0.15, 0.2) is 0 Å². The number of aliphatic hydroxyl groups excluding tert-OH is 1. The molecule has 0 aliphatic rings. The highest BCUT2D eigenvalue weighted by Gasteiger charge is 2.18. The summed E-state index contributed by atoms with van der Waals surface area (Å²) in [6.45, 7) is 1.90. The SMILES string of the molecule is Cc1ccc(C(O)c2cc(Br)ccc2F)c(Cl)c1. The van der Waals surface area contributed by atoms with Crippen molar-refractivity contribution in [1.82, 2.24) is 0 Å². The fourth-order valence-corrected chi connectivity index (χ4v) is 2.46. The fraction of sp³-hybridized carbons (Fsp3) is 0.143. The van der Waals surface area contributed by atoms with E-state index in [1.54, 1.807) is 24.3 Å². The first-order chi connectivity index (χ1) is 8.49. The van der Waals surface area contributed by atoms with Crippen LogP contribution in [-0.4, -0.2) is 5.11 Å². The minimum absolute atomic E-state index is 0.204. The molecule has 0 aliphatic heterocycles. The molecule has 0 aliphatic carbocycles. The third-order valence-electron chi connectivity index (χ3n) is 2.70. The lowest BCUT2D eigenvalue weighted by Gasteiger charge is -2.14. The van der Waals surface area contributed by atoms with Gasteiger partial charge < -0.3 is 5.11 Å². The van der Waals surface area contributed by atoms with Crippen LogP contribution in [0.4, 0.5) is 4.39 Å². The van der Waals surface area contributed by atoms with E-state index in [-0.39, 0.29) is 5.56 Å². The summed E-state index contributed by atoms with van der Waals surface area (Å²) in [7, 11) is 0. The Bertz CT molecular complexity index is 586. The van der Waals surface area contributed by atoms with Crippen molar-refractivity contribution in [2.45, 2.75) is 13.0 Å². The van der Waals surface area contributed by atoms with Gasteiger partial charge in [0.25, 0.3) is 0 Å². The number of aryl methyl sites for hydroxylation is 1. The third-order valence-corrected chi connectivity index (χ3v) is 3.52. The minimum atomic E-state index is -1.07. The molecule has 0 heterocycles. The lowest BCUT2D eigenvalue weighted by molar-refractivity contribution is 0.215. The van der Waals surface area contributed by atoms with Crippen LogP contribution in [0.15, 0.2) is 40.9 Å². The van der Waals surface area contributed by atoms with Crippen LogP contribution in [0, 0.1) is 12.7 Å². The summed E-state index contributed by atoms with van der Waals surface area (Å²) in [5.41, 5.74) is 1.69. The summed E-state index contributed by atoms with van der Waals surface area (Å²) in [6, 6.07) is 9.74. The molecular formula is C14H11BrClFO. The molecule has 4 heteroatoms. The van der Waals surface area contributed by atoms with Gasteiger partial charge in [-0.05, 0) is 36.8 Å². The van der Waals surface area contributed by atoms with Gasteiger partial charge in [0.2, 0.25) is 0 Å². The number of aliphatic hydroxyl groups is 1. The molecule has 94 valence electrons. The van der Waals surface area contributed by atoms with Crippen molar-refractivity contribution in [3.63, 3.8) is 0 Å². The van der Waals surface area contributed by atoms with Gasteiger partial charge in [0.1, 0.15) is 11.9 Å². The van der Waals surface area contributed by atoms with Gasteiger partial charge in [0, 0.05) is 20.6 Å². The van der Waals surface area contributed by atoms with Crippen molar-refractivity contribution < 1.29 is 9.50 Å². The Hall–Kier alpha value is -0.900. The molecule has 2 aromatic carbocycles. The molecule has 0 amide bonds. The van der Waals surface area contributed by atoms with Crippen molar-refractivity contribution in [1.29, 1.82) is 0 Å². The van der Waals surface area contributed by atoms with Gasteiger partial charge in [-0.2, -0.15) is 0 Å². The van der Waals surface area contributed by atoms with Crippen molar-refractivity contribution in [3.8, 4) is 0 Å². The van der Waals surface area contributed by atoms with E-state index in [1.165, 1.54) is 6.07 Å². The number of benzene rings is 2. The number of hydrogen-bond acceptors (Lipinski definition) is 1. The highest BCUT2D eigenvalue weighted by atomic mass is 79.9. The summed E-state index contributed by atoms with van der Waals surface area (Å²) in [5.74, 6) is -0.456. The van der Waals surface area contributed by atoms with Gasteiger partial charge in [-0.1, -0.05) is 39.7 Å². The average molecular weight is 330 g/mol. The van der Waals surface area contributed by atoms with Crippen LogP contribution in [0.2, 0.25) is 5.02 Å². The number of halogens is 3. The molecule has 0 radical (unpaired) electrons. The highest BCUT2D eigenvalue weighted by molar-refractivity contribution is 9.10. The Labute approximate surface area is 118 Å². The quantitative estimate of drug-likeness (QED) is 0.851. The van der Waals surface area contributed by atoms with Crippen molar-refractivity contribution >= 4 is 27.5 Å². The Morgan fingerprint density at radius 3 is 2.56 bits per heavy atom. The van der Waals surface area contributed by atoms with Gasteiger partial charge in [0.05, 0.1) is 0 Å². The molecule has 1 nitrogen and oxygen atoms in total. The first kappa shape index (κ1) is 13.5. The van der Waals surface area contributed by atoms with Crippen LogP contribution >= 0.6 is 27.5 Å². The lowest BCUT2D eigenvalue weighted by Crippen LogP contribution is -2.03. The minimum Gasteiger partial charge on any atom is -0.383 e. The summed E-state index contributed by atoms with van der Waals surface area (Å²) in [4.78, 5) is 0. The molecule has 2 aromatic rings. The molecule has 0 aromatic heterocycles. The molecule has 18 heavy (non-hydrogen) atoms. The standard InChI is InChI=1S/C14H11BrClFO/c1-8-2-4-10(12(16)6-8)14(18)11-7-9(15)3-5-13(11)17/h2-7,14,18H,1H3. The predicted molar refractivity (Wildman–Crippen MR) is 74.4 cm³/mol. The maximum atomic E-state index is 13.7. The van der Waals surface area contributed by atoms with E-state index in [9.17, 15) is 9.50 Å². The first-order valence-corrected chi connectivity index (χ1v) is 6.55. The maximum absolute atomic E-state index is 13.7. The van der Waals surface area contributed by atoms with Gasteiger partial charge >= 0.3 is 0 Å². The van der Waals surface area contributed by atoms with Crippen LogP contribution in [0.25, 0.3) is 0 Å². The number of hydrogen-bond donors (Lipinski definition) is 1. The van der Waals surface area contributed by atoms with E-state index >= 15 is 0 Å². The molecule has 0 saturated carbocycles. The zero-order valence-corrected chi connectivity index (χ0v) is 12.0. The molecule has 0 saturated heterocycles. The van der Waals surface area contributed by atoms with E-state index in [0.717, 1.165) is 5.56 Å². The summed E-state index contributed by atoms with van der Waals surface area (Å²) >= 11 is 9.33. The van der Waals surface area contributed by atoms with Crippen molar-refractivity contribution in [2.24, 2.45) is 0 Å². The third kappa shape index (κ3) is 2.74. The smallest absolute Gasteiger partial charge is 0.129 e. The zero-order chi connectivity index (χ0) is 13.3. The first-order valence-electron chi connectivity index (χ1n) is 5.38. The van der Waals surface area contributed by atoms with Crippen LogP contribution in [0.5, 0.6) is 0 Å². The second-order valence-electron chi connectivity index (χ2n) is 4.09. The van der Waals surface area contributed by atoms with Crippen LogP contribution in [0.1, 0.15) is 22.8 Å². The molecule has 0 spiro atoms. The summed E-state index contributed by atoms with van der Waals surface area (Å²) < 4.78 is 14.4. The zero-order valence-electron chi connectivity index (χ0n) is 9.62. The van der Waals surface area contributed by atoms with E-state index < -0.39 is 11.9 Å². The van der Waals surface area contributed by atoms with E-state index in [1.807, 2.05) is 13.0 Å². The normalized spacial score (nSPS) is 12.5. The van der Waals surface area contributed by atoms with Crippen LogP contribution in [-0.2, 0) is 0 Å². The fourth-order valence-electron chi connectivity index (χ4n) is 1.75. The van der Waals surface area contributed by atoms with Gasteiger partial charge in [-0.15, -0.1) is 0 Å². The second-order valence-corrected chi connectivity index (χ2v) is 5.42. The Morgan fingerprint density at radius 1 is 1.17 bits per heavy atom. The molecule has 1 atom stereocenters. The topological polar surface area (TPSA) is 20.2 Å². The molecule has 1 N–H and O–H groups in total.